The molecule has 2 aromatic rings. The standard InChI is InChI=1S/C13H11ClFOP/c1-8-7-9(17-16)5-6-10(8)11-3-2-4-12(14)13(11)15/h2-7,16-17H,1H3. The van der Waals surface area contributed by atoms with E-state index in [2.05, 4.69) is 0 Å². The van der Waals surface area contributed by atoms with Gasteiger partial charge in [0, 0.05) is 14.4 Å². The van der Waals surface area contributed by atoms with Crippen LogP contribution in [0.5, 0.6) is 0 Å². The summed E-state index contributed by atoms with van der Waals surface area (Å²) in [4.78, 5) is 9.05. The third kappa shape index (κ3) is 2.50. The molecule has 0 radical (unpaired) electrons. The highest BCUT2D eigenvalue weighted by Crippen LogP contribution is 2.29. The highest BCUT2D eigenvalue weighted by atomic mass is 35.5. The molecular weight excluding hydrogens is 258 g/mol. The molecule has 0 amide bonds. The van der Waals surface area contributed by atoms with E-state index in [1.54, 1.807) is 18.2 Å². The Morgan fingerprint density at radius 2 is 1.94 bits per heavy atom. The van der Waals surface area contributed by atoms with Crippen molar-refractivity contribution in [1.29, 1.82) is 0 Å². The van der Waals surface area contributed by atoms with Crippen molar-refractivity contribution in [3.63, 3.8) is 0 Å². The van der Waals surface area contributed by atoms with Crippen LogP contribution in [-0.4, -0.2) is 4.89 Å². The van der Waals surface area contributed by atoms with Gasteiger partial charge in [-0.2, -0.15) is 0 Å². The molecule has 0 saturated heterocycles. The highest BCUT2D eigenvalue weighted by Gasteiger charge is 2.10. The minimum absolute atomic E-state index is 0.120. The summed E-state index contributed by atoms with van der Waals surface area (Å²) in [5, 5.41) is 0.962. The molecule has 2 aromatic carbocycles. The summed E-state index contributed by atoms with van der Waals surface area (Å²) in [5.41, 5.74) is 2.21. The molecule has 1 N–H and O–H groups in total. The van der Waals surface area contributed by atoms with Crippen LogP contribution in [0.15, 0.2) is 36.4 Å². The SMILES string of the molecule is Cc1cc(PO)ccc1-c1cccc(Cl)c1F. The third-order valence-electron chi connectivity index (χ3n) is 2.60. The molecule has 0 aliphatic rings. The number of halogens is 2. The van der Waals surface area contributed by atoms with E-state index in [9.17, 15) is 4.39 Å². The average molecular weight is 269 g/mol. The molecule has 0 spiro atoms. The number of benzene rings is 2. The van der Waals surface area contributed by atoms with Gasteiger partial charge in [0.25, 0.3) is 0 Å². The fourth-order valence-corrected chi connectivity index (χ4v) is 2.36. The fraction of sp³-hybridized carbons (Fsp3) is 0.0769. The monoisotopic (exact) mass is 268 g/mol. The Labute approximate surface area is 106 Å². The smallest absolute Gasteiger partial charge is 0.149 e. The summed E-state index contributed by atoms with van der Waals surface area (Å²) in [6, 6.07) is 10.4. The summed E-state index contributed by atoms with van der Waals surface area (Å²) in [6.07, 6.45) is 0. The van der Waals surface area contributed by atoms with Gasteiger partial charge in [-0.05, 0) is 35.5 Å². The summed E-state index contributed by atoms with van der Waals surface area (Å²) in [7, 11) is -0.244. The Balaban J connectivity index is 2.57. The number of hydrogen-bond acceptors (Lipinski definition) is 1. The first kappa shape index (κ1) is 12.5. The van der Waals surface area contributed by atoms with Crippen LogP contribution >= 0.6 is 20.4 Å². The first-order valence-corrected chi connectivity index (χ1v) is 6.41. The molecule has 0 aliphatic carbocycles. The molecule has 88 valence electrons. The van der Waals surface area contributed by atoms with E-state index in [0.717, 1.165) is 16.4 Å². The van der Waals surface area contributed by atoms with Crippen molar-refractivity contribution in [2.45, 2.75) is 6.92 Å². The first-order valence-electron chi connectivity index (χ1n) is 5.08. The van der Waals surface area contributed by atoms with E-state index >= 15 is 0 Å². The number of rotatable bonds is 2. The zero-order valence-electron chi connectivity index (χ0n) is 9.17. The van der Waals surface area contributed by atoms with Gasteiger partial charge in [-0.3, -0.25) is 0 Å². The minimum Gasteiger partial charge on any atom is -0.372 e. The zero-order chi connectivity index (χ0) is 12.4. The molecule has 4 heteroatoms. The van der Waals surface area contributed by atoms with Gasteiger partial charge in [0.05, 0.1) is 5.02 Å². The van der Waals surface area contributed by atoms with E-state index in [1.165, 1.54) is 6.07 Å². The molecule has 0 bridgehead atoms. The van der Waals surface area contributed by atoms with Gasteiger partial charge in [-0.25, -0.2) is 4.39 Å². The lowest BCUT2D eigenvalue weighted by Gasteiger charge is -2.09. The average Bonchev–Trinajstić information content (AvgIpc) is 2.33. The van der Waals surface area contributed by atoms with Crippen LogP contribution in [-0.2, 0) is 0 Å². The second-order valence-electron chi connectivity index (χ2n) is 3.74. The Morgan fingerprint density at radius 3 is 2.59 bits per heavy atom. The molecule has 0 aliphatic heterocycles. The van der Waals surface area contributed by atoms with Crippen molar-refractivity contribution in [3.8, 4) is 11.1 Å². The molecule has 0 saturated carbocycles. The van der Waals surface area contributed by atoms with Crippen LogP contribution in [0.25, 0.3) is 11.1 Å². The molecule has 17 heavy (non-hydrogen) atoms. The molecular formula is C13H11ClFOP. The minimum atomic E-state index is -0.406. The van der Waals surface area contributed by atoms with Crippen molar-refractivity contribution in [2.24, 2.45) is 0 Å². The topological polar surface area (TPSA) is 20.2 Å². The predicted molar refractivity (Wildman–Crippen MR) is 71.8 cm³/mol. The van der Waals surface area contributed by atoms with Crippen molar-refractivity contribution >= 4 is 25.7 Å². The second kappa shape index (κ2) is 5.14. The Morgan fingerprint density at radius 1 is 1.18 bits per heavy atom. The van der Waals surface area contributed by atoms with Crippen LogP contribution in [0.4, 0.5) is 4.39 Å². The van der Waals surface area contributed by atoms with Crippen LogP contribution in [0.2, 0.25) is 5.02 Å². The van der Waals surface area contributed by atoms with E-state index in [0.29, 0.717) is 5.56 Å². The summed E-state index contributed by atoms with van der Waals surface area (Å²) < 4.78 is 13.9. The molecule has 1 unspecified atom stereocenters. The van der Waals surface area contributed by atoms with Crippen LogP contribution in [0, 0.1) is 12.7 Å². The lowest BCUT2D eigenvalue weighted by Crippen LogP contribution is -1.97. The van der Waals surface area contributed by atoms with Crippen LogP contribution in [0.1, 0.15) is 5.56 Å². The Hall–Kier alpha value is -0.950. The van der Waals surface area contributed by atoms with Crippen molar-refractivity contribution in [1.82, 2.24) is 0 Å². The quantitative estimate of drug-likeness (QED) is 0.824. The molecule has 1 atom stereocenters. The zero-order valence-corrected chi connectivity index (χ0v) is 10.9. The largest absolute Gasteiger partial charge is 0.372 e. The van der Waals surface area contributed by atoms with Gasteiger partial charge in [0.15, 0.2) is 0 Å². The number of aryl methyl sites for hydroxylation is 1. The van der Waals surface area contributed by atoms with E-state index < -0.39 is 5.82 Å². The molecule has 0 aromatic heterocycles. The van der Waals surface area contributed by atoms with Gasteiger partial charge >= 0.3 is 0 Å². The summed E-state index contributed by atoms with van der Waals surface area (Å²) in [6.45, 7) is 1.89. The first-order chi connectivity index (χ1) is 8.13. The predicted octanol–water partition coefficient (Wildman–Crippen LogP) is 3.67. The summed E-state index contributed by atoms with van der Waals surface area (Å²) in [5.74, 6) is -0.406. The van der Waals surface area contributed by atoms with E-state index in [-0.39, 0.29) is 13.8 Å². The van der Waals surface area contributed by atoms with Crippen molar-refractivity contribution in [3.05, 3.63) is 52.8 Å². The van der Waals surface area contributed by atoms with Gasteiger partial charge in [-0.15, -0.1) is 0 Å². The van der Waals surface area contributed by atoms with Gasteiger partial charge in [-0.1, -0.05) is 35.9 Å². The Kier molecular flexibility index (Phi) is 3.78. The second-order valence-corrected chi connectivity index (χ2v) is 4.95. The van der Waals surface area contributed by atoms with Crippen molar-refractivity contribution < 1.29 is 9.28 Å². The van der Waals surface area contributed by atoms with Crippen LogP contribution in [0.3, 0.4) is 0 Å². The lowest BCUT2D eigenvalue weighted by molar-refractivity contribution is 0.631. The normalized spacial score (nSPS) is 11.3. The van der Waals surface area contributed by atoms with Gasteiger partial charge in [0.1, 0.15) is 5.82 Å². The number of hydrogen-bond donors (Lipinski definition) is 1. The molecule has 1 nitrogen and oxygen atoms in total. The molecule has 2 rings (SSSR count). The maximum atomic E-state index is 13.9. The van der Waals surface area contributed by atoms with Gasteiger partial charge < -0.3 is 4.89 Å². The van der Waals surface area contributed by atoms with E-state index in [1.807, 2.05) is 19.1 Å². The van der Waals surface area contributed by atoms with Crippen molar-refractivity contribution in [2.75, 3.05) is 0 Å². The summed E-state index contributed by atoms with van der Waals surface area (Å²) >= 11 is 5.76. The maximum Gasteiger partial charge on any atom is 0.149 e. The molecule has 0 fully saturated rings. The van der Waals surface area contributed by atoms with E-state index in [4.69, 9.17) is 16.5 Å². The fourth-order valence-electron chi connectivity index (χ4n) is 1.75. The maximum absolute atomic E-state index is 13.9. The lowest BCUT2D eigenvalue weighted by atomic mass is 10.0. The molecule has 0 heterocycles. The third-order valence-corrected chi connectivity index (χ3v) is 3.46. The van der Waals surface area contributed by atoms with Gasteiger partial charge in [0.2, 0.25) is 0 Å². The van der Waals surface area contributed by atoms with Crippen LogP contribution < -0.4 is 5.30 Å². The Bertz CT molecular complexity index is 557. The highest BCUT2D eigenvalue weighted by molar-refractivity contribution is 7.40.